The van der Waals surface area contributed by atoms with Gasteiger partial charge in [0.2, 0.25) is 0 Å². The van der Waals surface area contributed by atoms with Crippen LogP contribution < -0.4 is 4.74 Å². The van der Waals surface area contributed by atoms with Crippen LogP contribution in [0.2, 0.25) is 0 Å². The number of nitrogens with zero attached hydrogens (tertiary/aromatic N) is 1. The summed E-state index contributed by atoms with van der Waals surface area (Å²) in [5.41, 5.74) is 1.20. The molecule has 1 N–H and O–H groups in total. The van der Waals surface area contributed by atoms with E-state index in [0.717, 1.165) is 5.56 Å². The number of amides is 1. The van der Waals surface area contributed by atoms with Crippen molar-refractivity contribution in [2.24, 2.45) is 0 Å². The maximum Gasteiger partial charge on any atom is 0.327 e. The number of ether oxygens (including phenoxy) is 1. The van der Waals surface area contributed by atoms with Crippen molar-refractivity contribution in [2.75, 3.05) is 12.9 Å². The fourth-order valence-electron chi connectivity index (χ4n) is 2.50. The van der Waals surface area contributed by atoms with Gasteiger partial charge in [-0.15, -0.1) is 11.8 Å². The summed E-state index contributed by atoms with van der Waals surface area (Å²) < 4.78 is 10.1. The summed E-state index contributed by atoms with van der Waals surface area (Å²) in [4.78, 5) is 25.8. The zero-order valence-electron chi connectivity index (χ0n) is 12.3. The van der Waals surface area contributed by atoms with E-state index in [1.165, 1.54) is 29.2 Å². The summed E-state index contributed by atoms with van der Waals surface area (Å²) in [6.07, 6.45) is 3.05. The molecule has 0 bridgehead atoms. The molecule has 0 saturated carbocycles. The first-order chi connectivity index (χ1) is 11.1. The quantitative estimate of drug-likeness (QED) is 0.926. The number of hydrogen-bond donors (Lipinski definition) is 1. The molecule has 1 saturated heterocycles. The monoisotopic (exact) mass is 333 g/mol. The predicted octanol–water partition coefficient (Wildman–Crippen LogP) is 2.63. The van der Waals surface area contributed by atoms with Crippen LogP contribution in [0.4, 0.5) is 0 Å². The first-order valence-electron chi connectivity index (χ1n) is 6.95. The van der Waals surface area contributed by atoms with Gasteiger partial charge in [-0.1, -0.05) is 0 Å². The predicted molar refractivity (Wildman–Crippen MR) is 84.5 cm³/mol. The Morgan fingerprint density at radius 2 is 2.04 bits per heavy atom. The zero-order valence-corrected chi connectivity index (χ0v) is 13.2. The normalized spacial score (nSPS) is 20.5. The van der Waals surface area contributed by atoms with Crippen LogP contribution in [0.5, 0.6) is 5.75 Å². The molecular weight excluding hydrogens is 318 g/mol. The van der Waals surface area contributed by atoms with Crippen LogP contribution in [0.3, 0.4) is 0 Å². The number of aliphatic carboxylic acids is 1. The van der Waals surface area contributed by atoms with E-state index < -0.39 is 12.0 Å². The molecule has 0 aliphatic carbocycles. The molecule has 1 fully saturated rings. The Kier molecular flexibility index (Phi) is 4.29. The van der Waals surface area contributed by atoms with Gasteiger partial charge in [0, 0.05) is 16.9 Å². The summed E-state index contributed by atoms with van der Waals surface area (Å²) in [5.74, 6) is -0.354. The van der Waals surface area contributed by atoms with Crippen LogP contribution in [-0.2, 0) is 4.79 Å². The van der Waals surface area contributed by atoms with Crippen molar-refractivity contribution < 1.29 is 23.8 Å². The van der Waals surface area contributed by atoms with E-state index in [-0.39, 0.29) is 11.3 Å². The van der Waals surface area contributed by atoms with Crippen molar-refractivity contribution in [3.8, 4) is 5.75 Å². The number of hydrogen-bond acceptors (Lipinski definition) is 5. The zero-order chi connectivity index (χ0) is 16.4. The molecule has 7 heteroatoms. The van der Waals surface area contributed by atoms with Crippen LogP contribution in [0.1, 0.15) is 21.3 Å². The molecule has 1 amide bonds. The standard InChI is InChI=1S/C16H15NO5S/c1-21-12-4-2-10(3-5-12)14(18)17-13(16(19)20)9-23-15(17)11-6-7-22-8-11/h2-8,13,15H,9H2,1H3,(H,19,20). The third kappa shape index (κ3) is 2.92. The van der Waals surface area contributed by atoms with E-state index in [0.29, 0.717) is 17.1 Å². The summed E-state index contributed by atoms with van der Waals surface area (Å²) in [5, 5.41) is 9.06. The minimum Gasteiger partial charge on any atom is -0.497 e. The van der Waals surface area contributed by atoms with Crippen molar-refractivity contribution in [3.63, 3.8) is 0 Å². The smallest absolute Gasteiger partial charge is 0.327 e. The number of furan rings is 1. The van der Waals surface area contributed by atoms with Crippen molar-refractivity contribution >= 4 is 23.6 Å². The number of carbonyl (C=O) groups is 2. The SMILES string of the molecule is COc1ccc(C(=O)N2C(C(=O)O)CSC2c2ccoc2)cc1. The molecule has 2 heterocycles. The van der Waals surface area contributed by atoms with Gasteiger partial charge in [0.25, 0.3) is 5.91 Å². The average molecular weight is 333 g/mol. The maximum absolute atomic E-state index is 12.8. The molecule has 0 radical (unpaired) electrons. The van der Waals surface area contributed by atoms with Gasteiger partial charge in [-0.05, 0) is 30.3 Å². The summed E-state index contributed by atoms with van der Waals surface area (Å²) in [7, 11) is 1.54. The Hall–Kier alpha value is -2.41. The highest BCUT2D eigenvalue weighted by Crippen LogP contribution is 2.42. The highest BCUT2D eigenvalue weighted by molar-refractivity contribution is 7.99. The van der Waals surface area contributed by atoms with Gasteiger partial charge in [-0.25, -0.2) is 4.79 Å². The van der Waals surface area contributed by atoms with Crippen molar-refractivity contribution in [1.82, 2.24) is 4.90 Å². The molecule has 2 aromatic rings. The van der Waals surface area contributed by atoms with Crippen molar-refractivity contribution in [3.05, 3.63) is 54.0 Å². The Balaban J connectivity index is 1.93. The summed E-state index contributed by atoms with van der Waals surface area (Å²) >= 11 is 1.41. The molecule has 0 spiro atoms. The van der Waals surface area contributed by atoms with E-state index >= 15 is 0 Å². The fraction of sp³-hybridized carbons (Fsp3) is 0.250. The number of carboxylic acids is 1. The highest BCUT2D eigenvalue weighted by Gasteiger charge is 2.43. The van der Waals surface area contributed by atoms with Gasteiger partial charge in [-0.2, -0.15) is 0 Å². The van der Waals surface area contributed by atoms with E-state index in [2.05, 4.69) is 0 Å². The van der Waals surface area contributed by atoms with Crippen LogP contribution >= 0.6 is 11.8 Å². The molecule has 2 atom stereocenters. The maximum atomic E-state index is 12.8. The molecule has 120 valence electrons. The number of benzene rings is 1. The first kappa shape index (κ1) is 15.5. The molecule has 1 aromatic heterocycles. The van der Waals surface area contributed by atoms with Crippen LogP contribution in [0.25, 0.3) is 0 Å². The molecule has 6 nitrogen and oxygen atoms in total. The second-order valence-corrected chi connectivity index (χ2v) is 6.15. The largest absolute Gasteiger partial charge is 0.497 e. The Bertz CT molecular complexity index is 698. The van der Waals surface area contributed by atoms with Crippen LogP contribution in [-0.4, -0.2) is 40.8 Å². The van der Waals surface area contributed by atoms with E-state index in [1.807, 2.05) is 0 Å². The van der Waals surface area contributed by atoms with Crippen LogP contribution in [0, 0.1) is 0 Å². The Morgan fingerprint density at radius 3 is 2.61 bits per heavy atom. The van der Waals surface area contributed by atoms with Gasteiger partial charge in [0.1, 0.15) is 17.2 Å². The van der Waals surface area contributed by atoms with Crippen LogP contribution in [0.15, 0.2) is 47.3 Å². The Labute approximate surface area is 137 Å². The highest BCUT2D eigenvalue weighted by atomic mass is 32.2. The molecule has 2 unspecified atom stereocenters. The number of rotatable bonds is 4. The summed E-state index contributed by atoms with van der Waals surface area (Å²) in [6.45, 7) is 0. The molecule has 1 aromatic carbocycles. The van der Waals surface area contributed by atoms with Gasteiger partial charge < -0.3 is 19.2 Å². The lowest BCUT2D eigenvalue weighted by Crippen LogP contribution is -2.42. The molecule has 3 rings (SSSR count). The molecule has 23 heavy (non-hydrogen) atoms. The molecular formula is C16H15NO5S. The van der Waals surface area contributed by atoms with E-state index in [9.17, 15) is 14.7 Å². The molecule has 1 aliphatic rings. The second kappa shape index (κ2) is 6.37. The van der Waals surface area contributed by atoms with E-state index in [4.69, 9.17) is 9.15 Å². The van der Waals surface area contributed by atoms with E-state index in [1.54, 1.807) is 37.4 Å². The molecule has 1 aliphatic heterocycles. The number of carboxylic acid groups (broad SMARTS) is 1. The van der Waals surface area contributed by atoms with Gasteiger partial charge in [-0.3, -0.25) is 4.79 Å². The minimum atomic E-state index is -1.01. The lowest BCUT2D eigenvalue weighted by Gasteiger charge is -2.26. The number of thioether (sulfide) groups is 1. The topological polar surface area (TPSA) is 80.0 Å². The third-order valence-electron chi connectivity index (χ3n) is 3.69. The van der Waals surface area contributed by atoms with Crippen molar-refractivity contribution in [1.29, 1.82) is 0 Å². The second-order valence-electron chi connectivity index (χ2n) is 5.04. The lowest BCUT2D eigenvalue weighted by molar-refractivity contribution is -0.141. The van der Waals surface area contributed by atoms with Gasteiger partial charge >= 0.3 is 5.97 Å². The van der Waals surface area contributed by atoms with Gasteiger partial charge in [0.05, 0.1) is 19.6 Å². The van der Waals surface area contributed by atoms with Crippen molar-refractivity contribution in [2.45, 2.75) is 11.4 Å². The number of methoxy groups -OCH3 is 1. The lowest BCUT2D eigenvalue weighted by atomic mass is 10.1. The fourth-order valence-corrected chi connectivity index (χ4v) is 3.90. The third-order valence-corrected chi connectivity index (χ3v) is 5.01. The number of carbonyl (C=O) groups excluding carboxylic acids is 1. The average Bonchev–Trinajstić information content (AvgIpc) is 3.22. The Morgan fingerprint density at radius 1 is 1.30 bits per heavy atom. The first-order valence-corrected chi connectivity index (χ1v) is 8.00. The van der Waals surface area contributed by atoms with Gasteiger partial charge in [0.15, 0.2) is 0 Å². The minimum absolute atomic E-state index is 0.323. The summed E-state index contributed by atoms with van der Waals surface area (Å²) in [6, 6.07) is 7.51.